The summed E-state index contributed by atoms with van der Waals surface area (Å²) in [6.07, 6.45) is 1.69. The molecular weight excluding hydrogens is 480 g/mol. The summed E-state index contributed by atoms with van der Waals surface area (Å²) >= 11 is 9.49. The van der Waals surface area contributed by atoms with E-state index in [9.17, 15) is 9.59 Å². The van der Waals surface area contributed by atoms with Crippen molar-refractivity contribution in [2.24, 2.45) is 4.99 Å². The first-order valence-corrected chi connectivity index (χ1v) is 10.5. The average molecular weight is 496 g/mol. The molecule has 1 aliphatic heterocycles. The molecule has 0 spiro atoms. The molecule has 0 aromatic heterocycles. The lowest BCUT2D eigenvalue weighted by atomic mass is 10.1. The second-order valence-corrected chi connectivity index (χ2v) is 8.06. The average Bonchev–Trinajstić information content (AvgIpc) is 3.10. The molecule has 0 saturated heterocycles. The maximum atomic E-state index is 13.3. The summed E-state index contributed by atoms with van der Waals surface area (Å²) in [5.41, 5.74) is 2.92. The highest BCUT2D eigenvalue weighted by Gasteiger charge is 2.32. The number of amides is 1. The number of methoxy groups -OCH3 is 1. The van der Waals surface area contributed by atoms with E-state index in [1.165, 1.54) is 7.11 Å². The standard InChI is InChI=1S/C24H16BrClN2O3/c1-31-24(30)17-7-5-15(6-8-17)13-21-23(29)28(20-4-2-3-18(25)14-20)22(27-21)16-9-11-19(26)12-10-16/h2-14H,1H3/b21-13+. The Labute approximate surface area is 192 Å². The second kappa shape index (κ2) is 8.88. The summed E-state index contributed by atoms with van der Waals surface area (Å²) in [5, 5.41) is 0.601. The predicted molar refractivity (Wildman–Crippen MR) is 125 cm³/mol. The van der Waals surface area contributed by atoms with Gasteiger partial charge in [0.05, 0.1) is 18.4 Å². The minimum absolute atomic E-state index is 0.250. The highest BCUT2D eigenvalue weighted by atomic mass is 79.9. The molecule has 0 saturated carbocycles. The van der Waals surface area contributed by atoms with Crippen molar-refractivity contribution in [1.29, 1.82) is 0 Å². The first-order valence-electron chi connectivity index (χ1n) is 9.31. The van der Waals surface area contributed by atoms with Gasteiger partial charge in [-0.2, -0.15) is 0 Å². The van der Waals surface area contributed by atoms with Crippen molar-refractivity contribution in [3.05, 3.63) is 105 Å². The van der Waals surface area contributed by atoms with Gasteiger partial charge in [0, 0.05) is 15.1 Å². The summed E-state index contributed by atoms with van der Waals surface area (Å²) in [7, 11) is 1.33. The minimum atomic E-state index is -0.417. The van der Waals surface area contributed by atoms with Crippen LogP contribution in [0.25, 0.3) is 6.08 Å². The van der Waals surface area contributed by atoms with Crippen LogP contribution in [-0.2, 0) is 9.53 Å². The van der Waals surface area contributed by atoms with Gasteiger partial charge in [-0.15, -0.1) is 0 Å². The van der Waals surface area contributed by atoms with Gasteiger partial charge >= 0.3 is 5.97 Å². The molecule has 1 heterocycles. The Kier molecular flexibility index (Phi) is 6.02. The lowest BCUT2D eigenvalue weighted by molar-refractivity contribution is -0.113. The van der Waals surface area contributed by atoms with Crippen LogP contribution in [0.3, 0.4) is 0 Å². The zero-order chi connectivity index (χ0) is 22.0. The monoisotopic (exact) mass is 494 g/mol. The van der Waals surface area contributed by atoms with Crippen LogP contribution >= 0.6 is 27.5 Å². The molecule has 0 N–H and O–H groups in total. The van der Waals surface area contributed by atoms with Crippen molar-refractivity contribution >= 4 is 57.0 Å². The number of aliphatic imine (C=N–C) groups is 1. The number of nitrogens with zero attached hydrogens (tertiary/aromatic N) is 2. The van der Waals surface area contributed by atoms with Crippen LogP contribution in [0.5, 0.6) is 0 Å². The third-order valence-electron chi connectivity index (χ3n) is 4.66. The zero-order valence-corrected chi connectivity index (χ0v) is 18.7. The van der Waals surface area contributed by atoms with Crippen LogP contribution < -0.4 is 4.90 Å². The number of ether oxygens (including phenoxy) is 1. The number of hydrogen-bond acceptors (Lipinski definition) is 4. The summed E-state index contributed by atoms with van der Waals surface area (Å²) in [6, 6.07) is 21.4. The van der Waals surface area contributed by atoms with Crippen LogP contribution in [0.1, 0.15) is 21.5 Å². The maximum Gasteiger partial charge on any atom is 0.337 e. The number of carbonyl (C=O) groups is 2. The number of hydrogen-bond donors (Lipinski definition) is 0. The Balaban J connectivity index is 1.76. The van der Waals surface area contributed by atoms with Crippen LogP contribution in [0.4, 0.5) is 5.69 Å². The molecule has 0 atom stereocenters. The van der Waals surface area contributed by atoms with Gasteiger partial charge in [0.1, 0.15) is 11.5 Å². The fraction of sp³-hybridized carbons (Fsp3) is 0.0417. The highest BCUT2D eigenvalue weighted by molar-refractivity contribution is 9.10. The number of esters is 1. The summed E-state index contributed by atoms with van der Waals surface area (Å²) in [5.74, 6) is -0.155. The van der Waals surface area contributed by atoms with E-state index in [0.29, 0.717) is 22.1 Å². The second-order valence-electron chi connectivity index (χ2n) is 6.71. The molecular formula is C24H16BrClN2O3. The van der Waals surface area contributed by atoms with Gasteiger partial charge in [-0.1, -0.05) is 45.7 Å². The molecule has 0 fully saturated rings. The van der Waals surface area contributed by atoms with E-state index in [2.05, 4.69) is 20.9 Å². The van der Waals surface area contributed by atoms with Crippen LogP contribution in [0, 0.1) is 0 Å². The number of anilines is 1. The maximum absolute atomic E-state index is 13.3. The smallest absolute Gasteiger partial charge is 0.337 e. The molecule has 5 nitrogen and oxygen atoms in total. The van der Waals surface area contributed by atoms with Crippen LogP contribution in [0.2, 0.25) is 5.02 Å². The van der Waals surface area contributed by atoms with Crippen molar-refractivity contribution in [3.63, 3.8) is 0 Å². The zero-order valence-electron chi connectivity index (χ0n) is 16.4. The van der Waals surface area contributed by atoms with Gasteiger partial charge in [-0.25, -0.2) is 9.79 Å². The normalized spacial score (nSPS) is 14.7. The van der Waals surface area contributed by atoms with Gasteiger partial charge in [0.25, 0.3) is 5.91 Å². The lowest BCUT2D eigenvalue weighted by Gasteiger charge is -2.18. The molecule has 7 heteroatoms. The van der Waals surface area contributed by atoms with Gasteiger partial charge in [0.2, 0.25) is 0 Å². The predicted octanol–water partition coefficient (Wildman–Crippen LogP) is 5.72. The number of amidine groups is 1. The van der Waals surface area contributed by atoms with Crippen molar-refractivity contribution in [2.45, 2.75) is 0 Å². The molecule has 0 unspecified atom stereocenters. The van der Waals surface area contributed by atoms with E-state index < -0.39 is 5.97 Å². The van der Waals surface area contributed by atoms with Gasteiger partial charge in [0.15, 0.2) is 0 Å². The first kappa shape index (κ1) is 21.0. The number of halogens is 2. The Morgan fingerprint density at radius 2 is 1.77 bits per heavy atom. The molecule has 3 aromatic carbocycles. The van der Waals surface area contributed by atoms with E-state index in [-0.39, 0.29) is 11.6 Å². The summed E-state index contributed by atoms with van der Waals surface area (Å²) in [4.78, 5) is 31.2. The number of rotatable bonds is 4. The number of carbonyl (C=O) groups excluding carboxylic acids is 2. The minimum Gasteiger partial charge on any atom is -0.465 e. The van der Waals surface area contributed by atoms with Gasteiger partial charge in [-0.05, 0) is 66.2 Å². The van der Waals surface area contributed by atoms with E-state index in [1.807, 2.05) is 36.4 Å². The molecule has 3 aromatic rings. The summed E-state index contributed by atoms with van der Waals surface area (Å²) < 4.78 is 5.57. The first-order chi connectivity index (χ1) is 15.0. The Hall–Kier alpha value is -3.22. The third-order valence-corrected chi connectivity index (χ3v) is 5.41. The van der Waals surface area contributed by atoms with Crippen LogP contribution in [-0.4, -0.2) is 24.8 Å². The molecule has 31 heavy (non-hydrogen) atoms. The topological polar surface area (TPSA) is 59.0 Å². The quantitative estimate of drug-likeness (QED) is 0.343. The van der Waals surface area contributed by atoms with E-state index in [4.69, 9.17) is 16.3 Å². The van der Waals surface area contributed by atoms with E-state index in [1.54, 1.807) is 47.4 Å². The van der Waals surface area contributed by atoms with Crippen LogP contribution in [0.15, 0.2) is 88.0 Å². The highest BCUT2D eigenvalue weighted by Crippen LogP contribution is 2.30. The number of benzene rings is 3. The SMILES string of the molecule is COC(=O)c1ccc(/C=C2/N=C(c3ccc(Cl)cc3)N(c3cccc(Br)c3)C2=O)cc1. The van der Waals surface area contributed by atoms with Crippen molar-refractivity contribution in [2.75, 3.05) is 12.0 Å². The van der Waals surface area contributed by atoms with Crippen molar-refractivity contribution in [3.8, 4) is 0 Å². The Morgan fingerprint density at radius 1 is 1.06 bits per heavy atom. The lowest BCUT2D eigenvalue weighted by Crippen LogP contribution is -2.32. The van der Waals surface area contributed by atoms with Gasteiger partial charge in [-0.3, -0.25) is 9.69 Å². The Morgan fingerprint density at radius 3 is 2.42 bits per heavy atom. The Bertz CT molecular complexity index is 1220. The molecule has 1 amide bonds. The fourth-order valence-electron chi connectivity index (χ4n) is 3.16. The van der Waals surface area contributed by atoms with Crippen molar-refractivity contribution in [1.82, 2.24) is 0 Å². The summed E-state index contributed by atoms with van der Waals surface area (Å²) in [6.45, 7) is 0. The molecule has 1 aliphatic rings. The molecule has 0 aliphatic carbocycles. The van der Waals surface area contributed by atoms with Gasteiger partial charge < -0.3 is 4.74 Å². The van der Waals surface area contributed by atoms with E-state index >= 15 is 0 Å². The molecule has 154 valence electrons. The van der Waals surface area contributed by atoms with E-state index in [0.717, 1.165) is 15.6 Å². The molecule has 4 rings (SSSR count). The molecule has 0 bridgehead atoms. The fourth-order valence-corrected chi connectivity index (χ4v) is 3.67. The molecule has 0 radical (unpaired) electrons. The third kappa shape index (κ3) is 4.45. The largest absolute Gasteiger partial charge is 0.465 e. The van der Waals surface area contributed by atoms with Crippen molar-refractivity contribution < 1.29 is 14.3 Å².